The molecule has 172 valence electrons. The van der Waals surface area contributed by atoms with Gasteiger partial charge in [0.2, 0.25) is 5.82 Å². The average Bonchev–Trinajstić information content (AvgIpc) is 3.39. The van der Waals surface area contributed by atoms with Crippen LogP contribution in [0.5, 0.6) is 0 Å². The first kappa shape index (κ1) is 22.1. The van der Waals surface area contributed by atoms with E-state index in [-0.39, 0.29) is 19.0 Å². The standard InChI is InChI=1S/C20H26N6O6/c21-18(30)19-22-12-26(23-19)20-17(29)16(28)14(32-20)11-31-15(27)10-24-6-8-25(9-7-24)13-4-2-1-3-5-13/h1-5,12,14,16-17,20,28-29H,6-11H2,(H2,21,30). The Labute approximate surface area is 184 Å². The molecule has 2 aliphatic heterocycles. The van der Waals surface area contributed by atoms with E-state index in [1.165, 1.54) is 6.33 Å². The number of hydrogen-bond acceptors (Lipinski definition) is 10. The maximum atomic E-state index is 12.3. The predicted octanol–water partition coefficient (Wildman–Crippen LogP) is -1.64. The fraction of sp³-hybridized carbons (Fsp3) is 0.500. The number of rotatable bonds is 7. The fourth-order valence-corrected chi connectivity index (χ4v) is 3.80. The summed E-state index contributed by atoms with van der Waals surface area (Å²) in [7, 11) is 0. The number of carbonyl (C=O) groups excluding carboxylic acids is 2. The molecule has 4 unspecified atom stereocenters. The maximum Gasteiger partial charge on any atom is 0.320 e. The molecule has 12 heteroatoms. The highest BCUT2D eigenvalue weighted by Gasteiger charge is 2.45. The van der Waals surface area contributed by atoms with Crippen LogP contribution in [0.2, 0.25) is 0 Å². The van der Waals surface area contributed by atoms with Crippen LogP contribution < -0.4 is 10.6 Å². The van der Waals surface area contributed by atoms with Gasteiger partial charge in [-0.1, -0.05) is 18.2 Å². The van der Waals surface area contributed by atoms with Gasteiger partial charge in [0.25, 0.3) is 5.91 Å². The van der Waals surface area contributed by atoms with Gasteiger partial charge >= 0.3 is 5.97 Å². The van der Waals surface area contributed by atoms with Crippen LogP contribution in [0.15, 0.2) is 36.7 Å². The summed E-state index contributed by atoms with van der Waals surface area (Å²) in [6.07, 6.45) is -3.50. The quantitative estimate of drug-likeness (QED) is 0.422. The summed E-state index contributed by atoms with van der Waals surface area (Å²) in [6.45, 7) is 2.96. The zero-order chi connectivity index (χ0) is 22.7. The topological polar surface area (TPSA) is 156 Å². The van der Waals surface area contributed by atoms with Crippen LogP contribution in [0.1, 0.15) is 16.8 Å². The summed E-state index contributed by atoms with van der Waals surface area (Å²) in [4.78, 5) is 31.4. The highest BCUT2D eigenvalue weighted by Crippen LogP contribution is 2.29. The largest absolute Gasteiger partial charge is 0.462 e. The minimum atomic E-state index is -1.34. The molecule has 0 saturated carbocycles. The molecule has 0 radical (unpaired) electrons. The maximum absolute atomic E-state index is 12.3. The van der Waals surface area contributed by atoms with Crippen LogP contribution in [0, 0.1) is 0 Å². The molecule has 4 N–H and O–H groups in total. The smallest absolute Gasteiger partial charge is 0.320 e. The summed E-state index contributed by atoms with van der Waals surface area (Å²) in [6, 6.07) is 10.1. The van der Waals surface area contributed by atoms with E-state index in [4.69, 9.17) is 15.2 Å². The summed E-state index contributed by atoms with van der Waals surface area (Å²) in [5, 5.41) is 24.3. The van der Waals surface area contributed by atoms with Crippen LogP contribution in [-0.4, -0.2) is 99.4 Å². The Kier molecular flexibility index (Phi) is 6.65. The van der Waals surface area contributed by atoms with Gasteiger partial charge in [-0.05, 0) is 12.1 Å². The lowest BCUT2D eigenvalue weighted by Crippen LogP contribution is -2.48. The van der Waals surface area contributed by atoms with Crippen molar-refractivity contribution in [1.29, 1.82) is 0 Å². The van der Waals surface area contributed by atoms with Crippen molar-refractivity contribution in [3.63, 3.8) is 0 Å². The Morgan fingerprint density at radius 2 is 1.84 bits per heavy atom. The molecule has 2 saturated heterocycles. The Bertz CT molecular complexity index is 932. The van der Waals surface area contributed by atoms with Gasteiger partial charge < -0.3 is 30.3 Å². The van der Waals surface area contributed by atoms with Crippen molar-refractivity contribution in [2.24, 2.45) is 5.73 Å². The summed E-state index contributed by atoms with van der Waals surface area (Å²) in [5.74, 6) is -1.51. The Balaban J connectivity index is 1.23. The number of aromatic nitrogens is 3. The monoisotopic (exact) mass is 446 g/mol. The molecule has 0 bridgehead atoms. The molecule has 4 rings (SSSR count). The summed E-state index contributed by atoms with van der Waals surface area (Å²) < 4.78 is 12.0. The SMILES string of the molecule is NC(=O)c1ncn(C2OC(COC(=O)CN3CCN(c4ccccc4)CC3)C(O)C2O)n1. The average molecular weight is 446 g/mol. The molecule has 32 heavy (non-hydrogen) atoms. The van der Waals surface area contributed by atoms with E-state index in [1.54, 1.807) is 0 Å². The van der Waals surface area contributed by atoms with Crippen LogP contribution in [0.4, 0.5) is 5.69 Å². The van der Waals surface area contributed by atoms with E-state index < -0.39 is 36.4 Å². The Morgan fingerprint density at radius 3 is 2.50 bits per heavy atom. The zero-order valence-corrected chi connectivity index (χ0v) is 17.4. The number of benzene rings is 1. The zero-order valence-electron chi connectivity index (χ0n) is 17.4. The molecule has 3 heterocycles. The number of ether oxygens (including phenoxy) is 2. The van der Waals surface area contributed by atoms with E-state index in [0.29, 0.717) is 0 Å². The van der Waals surface area contributed by atoms with Gasteiger partial charge in [0.05, 0.1) is 6.54 Å². The minimum Gasteiger partial charge on any atom is -0.462 e. The third-order valence-corrected chi connectivity index (χ3v) is 5.58. The van der Waals surface area contributed by atoms with E-state index in [2.05, 4.69) is 27.1 Å². The molecular formula is C20H26N6O6. The fourth-order valence-electron chi connectivity index (χ4n) is 3.80. The number of nitrogens with two attached hydrogens (primary N) is 1. The number of hydrogen-bond donors (Lipinski definition) is 3. The van der Waals surface area contributed by atoms with Gasteiger partial charge in [0, 0.05) is 31.9 Å². The van der Waals surface area contributed by atoms with Crippen molar-refractivity contribution in [2.45, 2.75) is 24.5 Å². The molecule has 0 aliphatic carbocycles. The normalized spacial score (nSPS) is 26.2. The van der Waals surface area contributed by atoms with Gasteiger partial charge in [0.1, 0.15) is 31.2 Å². The number of esters is 1. The van der Waals surface area contributed by atoms with Crippen LogP contribution >= 0.6 is 0 Å². The minimum absolute atomic E-state index is 0.127. The molecule has 12 nitrogen and oxygen atoms in total. The number of anilines is 1. The highest BCUT2D eigenvalue weighted by atomic mass is 16.6. The van der Waals surface area contributed by atoms with E-state index in [1.807, 2.05) is 23.1 Å². The van der Waals surface area contributed by atoms with Crippen LogP contribution in [0.25, 0.3) is 0 Å². The van der Waals surface area contributed by atoms with Crippen molar-refractivity contribution in [1.82, 2.24) is 19.7 Å². The molecular weight excluding hydrogens is 420 g/mol. The molecule has 2 fully saturated rings. The summed E-state index contributed by atoms with van der Waals surface area (Å²) in [5.41, 5.74) is 6.27. The lowest BCUT2D eigenvalue weighted by atomic mass is 10.1. The molecule has 2 aromatic rings. The van der Waals surface area contributed by atoms with Crippen molar-refractivity contribution < 1.29 is 29.3 Å². The Hall–Kier alpha value is -3.06. The first-order valence-electron chi connectivity index (χ1n) is 10.3. The first-order valence-corrected chi connectivity index (χ1v) is 10.3. The second kappa shape index (κ2) is 9.61. The van der Waals surface area contributed by atoms with E-state index >= 15 is 0 Å². The van der Waals surface area contributed by atoms with Crippen molar-refractivity contribution in [3.8, 4) is 0 Å². The van der Waals surface area contributed by atoms with Gasteiger partial charge in [-0.15, -0.1) is 5.10 Å². The molecule has 1 aromatic carbocycles. The number of carbonyl (C=O) groups is 2. The lowest BCUT2D eigenvalue weighted by molar-refractivity contribution is -0.151. The summed E-state index contributed by atoms with van der Waals surface area (Å²) >= 11 is 0. The number of piperazine rings is 1. The van der Waals surface area contributed by atoms with Gasteiger partial charge in [0.15, 0.2) is 6.23 Å². The second-order valence-electron chi connectivity index (χ2n) is 7.74. The van der Waals surface area contributed by atoms with Crippen LogP contribution in [0.3, 0.4) is 0 Å². The molecule has 1 aromatic heterocycles. The first-order chi connectivity index (χ1) is 15.4. The van der Waals surface area contributed by atoms with Gasteiger partial charge in [-0.2, -0.15) is 0 Å². The van der Waals surface area contributed by atoms with E-state index in [0.717, 1.165) is 36.5 Å². The number of aliphatic hydroxyl groups is 2. The van der Waals surface area contributed by atoms with Crippen molar-refractivity contribution in [2.75, 3.05) is 44.2 Å². The van der Waals surface area contributed by atoms with Crippen molar-refractivity contribution >= 4 is 17.6 Å². The highest BCUT2D eigenvalue weighted by molar-refractivity contribution is 5.88. The molecule has 1 amide bonds. The van der Waals surface area contributed by atoms with E-state index in [9.17, 15) is 19.8 Å². The van der Waals surface area contributed by atoms with Crippen molar-refractivity contribution in [3.05, 3.63) is 42.5 Å². The third kappa shape index (κ3) is 4.88. The predicted molar refractivity (Wildman–Crippen MR) is 111 cm³/mol. The number of aliphatic hydroxyl groups excluding tert-OH is 2. The lowest BCUT2D eigenvalue weighted by Gasteiger charge is -2.35. The number of para-hydroxylation sites is 1. The number of nitrogens with zero attached hydrogens (tertiary/aromatic N) is 5. The Morgan fingerprint density at radius 1 is 1.12 bits per heavy atom. The molecule has 4 atom stereocenters. The number of primary amides is 1. The second-order valence-corrected chi connectivity index (χ2v) is 7.74. The molecule has 0 spiro atoms. The third-order valence-electron chi connectivity index (χ3n) is 5.58. The van der Waals surface area contributed by atoms with Crippen LogP contribution in [-0.2, 0) is 14.3 Å². The number of amides is 1. The molecule has 2 aliphatic rings. The van der Waals surface area contributed by atoms with Gasteiger partial charge in [-0.25, -0.2) is 9.67 Å². The van der Waals surface area contributed by atoms with Gasteiger partial charge in [-0.3, -0.25) is 14.5 Å².